The third-order valence-corrected chi connectivity index (χ3v) is 2.29. The van der Waals surface area contributed by atoms with Gasteiger partial charge in [0.25, 0.3) is 5.91 Å². The molecule has 0 saturated carbocycles. The van der Waals surface area contributed by atoms with Crippen LogP contribution in [-0.2, 0) is 9.59 Å². The Labute approximate surface area is 97.1 Å². The number of amides is 2. The van der Waals surface area contributed by atoms with Gasteiger partial charge in [0.15, 0.2) is 17.7 Å². The second-order valence-corrected chi connectivity index (χ2v) is 3.65. The van der Waals surface area contributed by atoms with Crippen LogP contribution < -0.4 is 10.2 Å². The van der Waals surface area contributed by atoms with Gasteiger partial charge in [0, 0.05) is 6.92 Å². The zero-order chi connectivity index (χ0) is 12.4. The van der Waals surface area contributed by atoms with Gasteiger partial charge in [-0.3, -0.25) is 15.0 Å². The van der Waals surface area contributed by atoms with Crippen LogP contribution in [0.25, 0.3) is 0 Å². The van der Waals surface area contributed by atoms with Crippen molar-refractivity contribution in [1.82, 2.24) is 10.4 Å². The quantitative estimate of drug-likeness (QED) is 0.778. The Morgan fingerprint density at radius 1 is 1.53 bits per heavy atom. The van der Waals surface area contributed by atoms with Gasteiger partial charge in [0.1, 0.15) is 0 Å². The predicted octanol–water partition coefficient (Wildman–Crippen LogP) is 0.466. The first-order valence-electron chi connectivity index (χ1n) is 5.07. The van der Waals surface area contributed by atoms with Gasteiger partial charge >= 0.3 is 0 Å². The number of rotatable bonds is 3. The van der Waals surface area contributed by atoms with E-state index in [0.29, 0.717) is 0 Å². The molecule has 2 amide bonds. The predicted molar refractivity (Wildman–Crippen MR) is 56.3 cm³/mol. The molecule has 0 bridgehead atoms. The van der Waals surface area contributed by atoms with Gasteiger partial charge < -0.3 is 4.74 Å². The van der Waals surface area contributed by atoms with Gasteiger partial charge in [-0.25, -0.2) is 9.40 Å². The van der Waals surface area contributed by atoms with Crippen LogP contribution in [0.2, 0.25) is 0 Å². The van der Waals surface area contributed by atoms with Crippen molar-refractivity contribution in [2.75, 3.05) is 6.54 Å². The molecule has 0 spiro atoms. The van der Waals surface area contributed by atoms with E-state index in [9.17, 15) is 14.0 Å². The van der Waals surface area contributed by atoms with Crippen molar-refractivity contribution in [2.45, 2.75) is 13.0 Å². The van der Waals surface area contributed by atoms with E-state index in [1.165, 1.54) is 25.1 Å². The van der Waals surface area contributed by atoms with Crippen molar-refractivity contribution in [3.63, 3.8) is 0 Å². The fourth-order valence-corrected chi connectivity index (χ4v) is 1.47. The number of nitrogens with zero attached hydrogens (tertiary/aromatic N) is 1. The minimum Gasteiger partial charge on any atom is -0.475 e. The average Bonchev–Trinajstić information content (AvgIpc) is 2.29. The third kappa shape index (κ3) is 2.35. The van der Waals surface area contributed by atoms with Crippen LogP contribution >= 0.6 is 0 Å². The summed E-state index contributed by atoms with van der Waals surface area (Å²) < 4.78 is 18.4. The number of halogens is 1. The smallest absolute Gasteiger partial charge is 0.284 e. The zero-order valence-electron chi connectivity index (χ0n) is 9.14. The first-order chi connectivity index (χ1) is 8.08. The standard InChI is InChI=1S/C11H11FN2O3/c1-7(15)13-14-6-10(11(14)16)17-9-5-3-2-4-8(9)12/h2-5,10H,6H2,1H3,(H,13,15). The van der Waals surface area contributed by atoms with Gasteiger partial charge in [-0.15, -0.1) is 0 Å². The summed E-state index contributed by atoms with van der Waals surface area (Å²) >= 11 is 0. The summed E-state index contributed by atoms with van der Waals surface area (Å²) in [7, 11) is 0. The number of β-lactam (4-membered cyclic amide) rings is 1. The molecular formula is C11H11FN2O3. The third-order valence-electron chi connectivity index (χ3n) is 2.29. The number of carbonyl (C=O) groups is 2. The van der Waals surface area contributed by atoms with Gasteiger partial charge in [0.05, 0.1) is 6.54 Å². The Morgan fingerprint density at radius 2 is 2.24 bits per heavy atom. The Hall–Kier alpha value is -2.11. The summed E-state index contributed by atoms with van der Waals surface area (Å²) in [5, 5.41) is 1.13. The second kappa shape index (κ2) is 4.40. The first-order valence-corrected chi connectivity index (χ1v) is 5.07. The van der Waals surface area contributed by atoms with Crippen LogP contribution in [0.1, 0.15) is 6.92 Å². The van der Waals surface area contributed by atoms with Crippen molar-refractivity contribution in [2.24, 2.45) is 0 Å². The summed E-state index contributed by atoms with van der Waals surface area (Å²) in [6.45, 7) is 1.52. The lowest BCUT2D eigenvalue weighted by molar-refractivity contribution is -0.162. The maximum absolute atomic E-state index is 13.2. The molecule has 1 saturated heterocycles. The maximum atomic E-state index is 13.2. The fourth-order valence-electron chi connectivity index (χ4n) is 1.47. The molecule has 1 aromatic rings. The normalized spacial score (nSPS) is 18.6. The lowest BCUT2D eigenvalue weighted by Gasteiger charge is -2.37. The largest absolute Gasteiger partial charge is 0.475 e. The van der Waals surface area contributed by atoms with Gasteiger partial charge in [-0.1, -0.05) is 12.1 Å². The van der Waals surface area contributed by atoms with Crippen molar-refractivity contribution in [3.8, 4) is 5.75 Å². The molecule has 0 aromatic heterocycles. The van der Waals surface area contributed by atoms with E-state index in [-0.39, 0.29) is 24.1 Å². The molecule has 90 valence electrons. The number of hydrazine groups is 1. The van der Waals surface area contributed by atoms with Crippen LogP contribution in [0.5, 0.6) is 5.75 Å². The number of benzene rings is 1. The molecule has 1 aromatic carbocycles. The van der Waals surface area contributed by atoms with E-state index in [2.05, 4.69) is 5.43 Å². The Morgan fingerprint density at radius 3 is 2.82 bits per heavy atom. The highest BCUT2D eigenvalue weighted by molar-refractivity contribution is 5.89. The molecule has 0 radical (unpaired) electrons. The maximum Gasteiger partial charge on any atom is 0.284 e. The van der Waals surface area contributed by atoms with Crippen LogP contribution in [0.4, 0.5) is 4.39 Å². The number of para-hydroxylation sites is 1. The summed E-state index contributed by atoms with van der Waals surface area (Å²) in [6, 6.07) is 5.86. The molecular weight excluding hydrogens is 227 g/mol. The van der Waals surface area contributed by atoms with Crippen LogP contribution in [0.3, 0.4) is 0 Å². The van der Waals surface area contributed by atoms with Crippen molar-refractivity contribution < 1.29 is 18.7 Å². The Kier molecular flexibility index (Phi) is 2.95. The van der Waals surface area contributed by atoms with Crippen molar-refractivity contribution in [1.29, 1.82) is 0 Å². The molecule has 6 heteroatoms. The average molecular weight is 238 g/mol. The SMILES string of the molecule is CC(=O)NN1CC(Oc2ccccc2F)C1=O. The van der Waals surface area contributed by atoms with E-state index in [0.717, 1.165) is 5.01 Å². The summed E-state index contributed by atoms with van der Waals surface area (Å²) in [4.78, 5) is 22.2. The minimum atomic E-state index is -0.737. The Bertz CT molecular complexity index is 464. The summed E-state index contributed by atoms with van der Waals surface area (Å²) in [5.41, 5.74) is 2.33. The molecule has 17 heavy (non-hydrogen) atoms. The zero-order valence-corrected chi connectivity index (χ0v) is 9.14. The number of nitrogens with one attached hydrogen (secondary N) is 1. The highest BCUT2D eigenvalue weighted by Gasteiger charge is 2.39. The van der Waals surface area contributed by atoms with E-state index in [4.69, 9.17) is 4.74 Å². The molecule has 0 aliphatic carbocycles. The molecule has 1 N–H and O–H groups in total. The number of ether oxygens (including phenoxy) is 1. The number of hydrogen-bond donors (Lipinski definition) is 1. The highest BCUT2D eigenvalue weighted by Crippen LogP contribution is 2.20. The molecule has 5 nitrogen and oxygen atoms in total. The monoisotopic (exact) mass is 238 g/mol. The minimum absolute atomic E-state index is 0.0355. The van der Waals surface area contributed by atoms with E-state index in [1.54, 1.807) is 6.07 Å². The summed E-state index contributed by atoms with van der Waals surface area (Å²) in [6.07, 6.45) is -0.737. The van der Waals surface area contributed by atoms with Gasteiger partial charge in [-0.05, 0) is 12.1 Å². The molecule has 1 fully saturated rings. The molecule has 1 atom stereocenters. The lowest BCUT2D eigenvalue weighted by atomic mass is 10.2. The molecule has 1 heterocycles. The molecule has 2 rings (SSSR count). The fraction of sp³-hybridized carbons (Fsp3) is 0.273. The van der Waals surface area contributed by atoms with Gasteiger partial charge in [-0.2, -0.15) is 0 Å². The van der Waals surface area contributed by atoms with E-state index in [1.807, 2.05) is 0 Å². The van der Waals surface area contributed by atoms with Gasteiger partial charge in [0.2, 0.25) is 5.91 Å². The highest BCUT2D eigenvalue weighted by atomic mass is 19.1. The molecule has 1 aliphatic heterocycles. The number of hydrogen-bond acceptors (Lipinski definition) is 3. The second-order valence-electron chi connectivity index (χ2n) is 3.65. The van der Waals surface area contributed by atoms with Crippen LogP contribution in [-0.4, -0.2) is 29.5 Å². The summed E-state index contributed by atoms with van der Waals surface area (Å²) in [5.74, 6) is -1.20. The Balaban J connectivity index is 1.93. The molecule has 1 unspecified atom stereocenters. The van der Waals surface area contributed by atoms with Crippen molar-refractivity contribution in [3.05, 3.63) is 30.1 Å². The van der Waals surface area contributed by atoms with Crippen LogP contribution in [0.15, 0.2) is 24.3 Å². The van der Waals surface area contributed by atoms with E-state index < -0.39 is 11.9 Å². The van der Waals surface area contributed by atoms with Crippen molar-refractivity contribution >= 4 is 11.8 Å². The van der Waals surface area contributed by atoms with E-state index >= 15 is 0 Å². The van der Waals surface area contributed by atoms with Crippen LogP contribution in [0, 0.1) is 5.82 Å². The topological polar surface area (TPSA) is 58.6 Å². The number of carbonyl (C=O) groups excluding carboxylic acids is 2. The lowest BCUT2D eigenvalue weighted by Crippen LogP contribution is -2.65. The molecule has 1 aliphatic rings. The first kappa shape index (κ1) is 11.4.